The minimum absolute atomic E-state index is 0.0289. The van der Waals surface area contributed by atoms with E-state index in [2.05, 4.69) is 15.9 Å². The quantitative estimate of drug-likeness (QED) is 0.632. The van der Waals surface area contributed by atoms with Crippen LogP contribution in [0.4, 0.5) is 5.82 Å². The fourth-order valence-electron chi connectivity index (χ4n) is 5.85. The molecule has 0 N–H and O–H groups in total. The normalized spacial score (nSPS) is 24.8. The van der Waals surface area contributed by atoms with Gasteiger partial charge in [0, 0.05) is 44.6 Å². The summed E-state index contributed by atoms with van der Waals surface area (Å²) in [6.45, 7) is 5.27. The number of hydrogen-bond acceptors (Lipinski definition) is 5. The predicted molar refractivity (Wildman–Crippen MR) is 128 cm³/mol. The number of anilines is 1. The van der Waals surface area contributed by atoms with Gasteiger partial charge in [-0.15, -0.1) is 0 Å². The van der Waals surface area contributed by atoms with Crippen molar-refractivity contribution in [3.8, 4) is 6.07 Å². The Labute approximate surface area is 201 Å². The predicted octanol–water partition coefficient (Wildman–Crippen LogP) is 3.13. The maximum Gasteiger partial charge on any atom is 0.246 e. The molecule has 1 aromatic rings. The Morgan fingerprint density at radius 3 is 2.50 bits per heavy atom. The summed E-state index contributed by atoms with van der Waals surface area (Å²) in [5, 5.41) is 10.2. The average Bonchev–Trinajstić information content (AvgIpc) is 3.72. The molecule has 1 atom stereocenters. The smallest absolute Gasteiger partial charge is 0.246 e. The van der Waals surface area contributed by atoms with Crippen LogP contribution < -0.4 is 4.90 Å². The largest absolute Gasteiger partial charge is 0.352 e. The van der Waals surface area contributed by atoms with E-state index >= 15 is 0 Å². The topological polar surface area (TPSA) is 80.5 Å². The highest BCUT2D eigenvalue weighted by Gasteiger charge is 2.45. The lowest BCUT2D eigenvalue weighted by atomic mass is 9.92. The number of pyridine rings is 1. The van der Waals surface area contributed by atoms with Gasteiger partial charge in [-0.1, -0.05) is 6.08 Å². The van der Waals surface area contributed by atoms with Crippen LogP contribution in [0, 0.1) is 23.2 Å². The van der Waals surface area contributed by atoms with E-state index in [0.717, 1.165) is 68.0 Å². The van der Waals surface area contributed by atoms with Crippen molar-refractivity contribution in [1.29, 1.82) is 5.26 Å². The Kier molecular flexibility index (Phi) is 5.35. The van der Waals surface area contributed by atoms with Gasteiger partial charge in [0.25, 0.3) is 0 Å². The summed E-state index contributed by atoms with van der Waals surface area (Å²) in [6.07, 6.45) is 10.8. The van der Waals surface area contributed by atoms with Gasteiger partial charge in [-0.25, -0.2) is 4.98 Å². The number of nitrogens with zero attached hydrogens (tertiary/aromatic N) is 5. The van der Waals surface area contributed by atoms with E-state index in [1.165, 1.54) is 12.8 Å². The second-order valence-electron chi connectivity index (χ2n) is 10.7. The summed E-state index contributed by atoms with van der Waals surface area (Å²) in [5.41, 5.74) is 3.99. The van der Waals surface area contributed by atoms with Gasteiger partial charge in [0.05, 0.1) is 17.3 Å². The SMILES string of the molecule is CC=CC(=O)N1CCc2c(C#N)c(N3CCN(C(=O)C4CC4)C(C4CC4)C3)nc(C3CC3)c2C1. The molecular weight excluding hydrogens is 426 g/mol. The molecule has 3 aliphatic carbocycles. The second kappa shape index (κ2) is 8.41. The summed E-state index contributed by atoms with van der Waals surface area (Å²) < 4.78 is 0. The van der Waals surface area contributed by atoms with E-state index in [-0.39, 0.29) is 17.9 Å². The fourth-order valence-corrected chi connectivity index (χ4v) is 5.85. The highest BCUT2D eigenvalue weighted by Crippen LogP contribution is 2.45. The molecule has 1 unspecified atom stereocenters. The number of carbonyl (C=O) groups is 2. The molecule has 34 heavy (non-hydrogen) atoms. The van der Waals surface area contributed by atoms with Crippen LogP contribution in [0.25, 0.3) is 0 Å². The molecule has 1 saturated heterocycles. The highest BCUT2D eigenvalue weighted by molar-refractivity contribution is 5.87. The number of aromatic nitrogens is 1. The van der Waals surface area contributed by atoms with E-state index in [4.69, 9.17) is 4.98 Å². The molecule has 2 aliphatic heterocycles. The summed E-state index contributed by atoms with van der Waals surface area (Å²) in [4.78, 5) is 37.0. The Balaban J connectivity index is 1.33. The number of rotatable bonds is 5. The van der Waals surface area contributed by atoms with Gasteiger partial charge >= 0.3 is 0 Å². The van der Waals surface area contributed by atoms with Gasteiger partial charge in [-0.3, -0.25) is 9.59 Å². The fraction of sp³-hybridized carbons (Fsp3) is 0.630. The van der Waals surface area contributed by atoms with Crippen LogP contribution in [0.1, 0.15) is 73.8 Å². The van der Waals surface area contributed by atoms with Gasteiger partial charge in [0.15, 0.2) is 0 Å². The van der Waals surface area contributed by atoms with Crippen molar-refractivity contribution in [3.05, 3.63) is 34.5 Å². The number of allylic oxidation sites excluding steroid dienone is 1. The van der Waals surface area contributed by atoms with Crippen molar-refractivity contribution in [2.45, 2.75) is 70.4 Å². The summed E-state index contributed by atoms with van der Waals surface area (Å²) >= 11 is 0. The van der Waals surface area contributed by atoms with Crippen LogP contribution in [0.2, 0.25) is 0 Å². The number of hydrogen-bond donors (Lipinski definition) is 0. The first kappa shape index (κ1) is 21.6. The van der Waals surface area contributed by atoms with E-state index in [9.17, 15) is 14.9 Å². The summed E-state index contributed by atoms with van der Waals surface area (Å²) in [5.74, 6) is 2.47. The third-order valence-electron chi connectivity index (χ3n) is 8.20. The molecule has 6 rings (SSSR count). The van der Waals surface area contributed by atoms with Crippen LogP contribution in [0.3, 0.4) is 0 Å². The molecule has 3 saturated carbocycles. The molecule has 5 aliphatic rings. The van der Waals surface area contributed by atoms with Crippen molar-refractivity contribution in [2.75, 3.05) is 31.1 Å². The number of carbonyl (C=O) groups excluding carboxylic acids is 2. The number of amides is 2. The van der Waals surface area contributed by atoms with Crippen molar-refractivity contribution < 1.29 is 9.59 Å². The van der Waals surface area contributed by atoms with Gasteiger partial charge in [0.2, 0.25) is 11.8 Å². The van der Waals surface area contributed by atoms with Crippen molar-refractivity contribution >= 4 is 17.6 Å². The maximum absolute atomic E-state index is 12.9. The molecule has 0 radical (unpaired) electrons. The van der Waals surface area contributed by atoms with Crippen molar-refractivity contribution in [3.63, 3.8) is 0 Å². The molecule has 7 nitrogen and oxygen atoms in total. The van der Waals surface area contributed by atoms with Crippen LogP contribution in [-0.2, 0) is 22.6 Å². The second-order valence-corrected chi connectivity index (χ2v) is 10.7. The molecule has 1 aromatic heterocycles. The molecule has 0 spiro atoms. The molecule has 2 amide bonds. The maximum atomic E-state index is 12.9. The van der Waals surface area contributed by atoms with E-state index in [1.807, 2.05) is 11.8 Å². The molecule has 0 bridgehead atoms. The van der Waals surface area contributed by atoms with Crippen molar-refractivity contribution in [1.82, 2.24) is 14.8 Å². The van der Waals surface area contributed by atoms with E-state index in [1.54, 1.807) is 12.2 Å². The minimum atomic E-state index is 0.0289. The van der Waals surface area contributed by atoms with Crippen molar-refractivity contribution in [2.24, 2.45) is 11.8 Å². The minimum Gasteiger partial charge on any atom is -0.352 e. The Hall–Kier alpha value is -2.88. The van der Waals surface area contributed by atoms with Crippen LogP contribution in [0.5, 0.6) is 0 Å². The first-order valence-electron chi connectivity index (χ1n) is 13.0. The Bertz CT molecular complexity index is 1090. The standard InChI is InChI=1S/C27H33N5O2/c1-2-3-24(33)30-11-10-20-21(14-28)26(29-25(18-6-7-18)22(20)15-30)31-12-13-32(27(34)19-8-9-19)23(16-31)17-4-5-17/h2-3,17-19,23H,4-13,15-16H2,1H3. The van der Waals surface area contributed by atoms with E-state index < -0.39 is 0 Å². The molecule has 0 aromatic carbocycles. The molecule has 4 fully saturated rings. The lowest BCUT2D eigenvalue weighted by Gasteiger charge is -2.43. The number of fused-ring (bicyclic) bond motifs is 1. The summed E-state index contributed by atoms with van der Waals surface area (Å²) in [7, 11) is 0. The van der Waals surface area contributed by atoms with Gasteiger partial charge in [-0.2, -0.15) is 5.26 Å². The van der Waals surface area contributed by atoms with Crippen LogP contribution in [0.15, 0.2) is 12.2 Å². The number of piperazine rings is 1. The number of nitriles is 1. The third kappa shape index (κ3) is 3.87. The first-order chi connectivity index (χ1) is 16.6. The zero-order valence-corrected chi connectivity index (χ0v) is 20.0. The lowest BCUT2D eigenvalue weighted by molar-refractivity contribution is -0.135. The average molecular weight is 460 g/mol. The first-order valence-corrected chi connectivity index (χ1v) is 13.0. The molecule has 7 heteroatoms. The highest BCUT2D eigenvalue weighted by atomic mass is 16.2. The summed E-state index contributed by atoms with van der Waals surface area (Å²) in [6, 6.07) is 2.74. The van der Waals surface area contributed by atoms with Gasteiger partial charge < -0.3 is 14.7 Å². The third-order valence-corrected chi connectivity index (χ3v) is 8.20. The van der Waals surface area contributed by atoms with Gasteiger partial charge in [0.1, 0.15) is 11.9 Å². The van der Waals surface area contributed by atoms with Gasteiger partial charge in [-0.05, 0) is 75.0 Å². The lowest BCUT2D eigenvalue weighted by Crippen LogP contribution is -2.57. The Morgan fingerprint density at radius 2 is 1.85 bits per heavy atom. The zero-order valence-electron chi connectivity index (χ0n) is 20.0. The molecule has 3 heterocycles. The van der Waals surface area contributed by atoms with E-state index in [0.29, 0.717) is 42.8 Å². The van der Waals surface area contributed by atoms with Crippen LogP contribution in [-0.4, -0.2) is 58.8 Å². The molecular formula is C27H33N5O2. The zero-order chi connectivity index (χ0) is 23.4. The molecule has 178 valence electrons. The Morgan fingerprint density at radius 1 is 1.06 bits per heavy atom. The monoisotopic (exact) mass is 459 g/mol. The van der Waals surface area contributed by atoms with Crippen LogP contribution >= 0.6 is 0 Å².